The summed E-state index contributed by atoms with van der Waals surface area (Å²) < 4.78 is 11.0. The summed E-state index contributed by atoms with van der Waals surface area (Å²) >= 11 is 1.33. The number of amides is 3. The Morgan fingerprint density at radius 2 is 1.80 bits per heavy atom. The number of likely N-dealkylation sites (tertiary alicyclic amines) is 1. The van der Waals surface area contributed by atoms with Crippen molar-refractivity contribution in [2.24, 2.45) is 0 Å². The van der Waals surface area contributed by atoms with Gasteiger partial charge in [-0.1, -0.05) is 30.3 Å². The molecule has 2 aliphatic heterocycles. The molecule has 3 aromatic rings. The van der Waals surface area contributed by atoms with Gasteiger partial charge in [0, 0.05) is 43.3 Å². The molecule has 3 amide bonds. The van der Waals surface area contributed by atoms with Crippen LogP contribution < -0.4 is 4.90 Å². The quantitative estimate of drug-likeness (QED) is 0.403. The molecular formula is C29H33N5O5S. The normalized spacial score (nSPS) is 17.4. The molecule has 0 bridgehead atoms. The van der Waals surface area contributed by atoms with Crippen molar-refractivity contribution in [1.29, 1.82) is 0 Å². The van der Waals surface area contributed by atoms with Crippen LogP contribution in [0, 0.1) is 0 Å². The lowest BCUT2D eigenvalue weighted by Gasteiger charge is -2.36. The van der Waals surface area contributed by atoms with E-state index in [1.54, 1.807) is 40.9 Å². The van der Waals surface area contributed by atoms with Gasteiger partial charge in [-0.15, -0.1) is 11.3 Å². The van der Waals surface area contributed by atoms with Crippen molar-refractivity contribution >= 4 is 40.1 Å². The average molecular weight is 564 g/mol. The molecule has 210 valence electrons. The number of anilines is 2. The van der Waals surface area contributed by atoms with E-state index in [1.807, 2.05) is 42.3 Å². The number of thiazole rings is 1. The molecule has 0 radical (unpaired) electrons. The molecule has 3 heterocycles. The fourth-order valence-electron chi connectivity index (χ4n) is 5.02. The SMILES string of the molecule is CCN(C(=O)c1ccc(N(C(=O)C2CCCN2C(=O)OCc2ccccc2)c2nccs2)cc1)N1CCOCC1. The van der Waals surface area contributed by atoms with Crippen molar-refractivity contribution in [3.8, 4) is 0 Å². The number of ether oxygens (including phenoxy) is 2. The van der Waals surface area contributed by atoms with Gasteiger partial charge in [-0.2, -0.15) is 0 Å². The molecule has 1 atom stereocenters. The second kappa shape index (κ2) is 13.0. The average Bonchev–Trinajstić information content (AvgIpc) is 3.71. The molecule has 2 saturated heterocycles. The summed E-state index contributed by atoms with van der Waals surface area (Å²) in [5.74, 6) is -0.363. The molecule has 1 aromatic heterocycles. The highest BCUT2D eigenvalue weighted by Gasteiger charge is 2.39. The summed E-state index contributed by atoms with van der Waals surface area (Å²) in [6, 6.07) is 15.8. The van der Waals surface area contributed by atoms with E-state index in [1.165, 1.54) is 21.1 Å². The van der Waals surface area contributed by atoms with Gasteiger partial charge >= 0.3 is 6.09 Å². The molecule has 11 heteroatoms. The minimum absolute atomic E-state index is 0.105. The smallest absolute Gasteiger partial charge is 0.410 e. The molecule has 2 aliphatic rings. The minimum Gasteiger partial charge on any atom is -0.445 e. The van der Waals surface area contributed by atoms with E-state index in [9.17, 15) is 14.4 Å². The maximum atomic E-state index is 14.0. The van der Waals surface area contributed by atoms with E-state index in [2.05, 4.69) is 4.98 Å². The monoisotopic (exact) mass is 563 g/mol. The first-order valence-corrected chi connectivity index (χ1v) is 14.4. The van der Waals surface area contributed by atoms with Gasteiger partial charge in [0.1, 0.15) is 12.6 Å². The Bertz CT molecular complexity index is 1280. The Morgan fingerprint density at radius 1 is 1.05 bits per heavy atom. The number of carbonyl (C=O) groups is 3. The Labute approximate surface area is 237 Å². The first-order valence-electron chi connectivity index (χ1n) is 13.5. The highest BCUT2D eigenvalue weighted by Crippen LogP contribution is 2.32. The molecule has 1 unspecified atom stereocenters. The third-order valence-corrected chi connectivity index (χ3v) is 7.80. The van der Waals surface area contributed by atoms with E-state index >= 15 is 0 Å². The number of hydrazine groups is 1. The van der Waals surface area contributed by atoms with Crippen molar-refractivity contribution in [2.75, 3.05) is 44.3 Å². The highest BCUT2D eigenvalue weighted by atomic mass is 32.1. The van der Waals surface area contributed by atoms with Crippen LogP contribution in [0.25, 0.3) is 0 Å². The van der Waals surface area contributed by atoms with Gasteiger partial charge in [0.25, 0.3) is 11.8 Å². The van der Waals surface area contributed by atoms with Crippen molar-refractivity contribution in [3.05, 3.63) is 77.3 Å². The lowest BCUT2D eigenvalue weighted by Crippen LogP contribution is -2.51. The first kappa shape index (κ1) is 27.8. The zero-order chi connectivity index (χ0) is 27.9. The summed E-state index contributed by atoms with van der Waals surface area (Å²) in [5.41, 5.74) is 1.98. The predicted octanol–water partition coefficient (Wildman–Crippen LogP) is 4.32. The molecule has 2 aromatic carbocycles. The van der Waals surface area contributed by atoms with Gasteiger partial charge in [-0.05, 0) is 49.6 Å². The van der Waals surface area contributed by atoms with Crippen LogP contribution in [0.5, 0.6) is 0 Å². The summed E-state index contributed by atoms with van der Waals surface area (Å²) in [6.07, 6.45) is 2.36. The topological polar surface area (TPSA) is 95.5 Å². The van der Waals surface area contributed by atoms with Crippen molar-refractivity contribution in [3.63, 3.8) is 0 Å². The number of aromatic nitrogens is 1. The Balaban J connectivity index is 1.33. The van der Waals surface area contributed by atoms with Crippen LogP contribution >= 0.6 is 11.3 Å². The van der Waals surface area contributed by atoms with E-state index in [4.69, 9.17) is 9.47 Å². The maximum absolute atomic E-state index is 14.0. The number of benzene rings is 2. The van der Waals surface area contributed by atoms with E-state index in [0.717, 1.165) is 5.56 Å². The Morgan fingerprint density at radius 3 is 2.48 bits per heavy atom. The molecule has 0 spiro atoms. The predicted molar refractivity (Wildman–Crippen MR) is 151 cm³/mol. The van der Waals surface area contributed by atoms with Gasteiger partial charge in [-0.3, -0.25) is 24.4 Å². The standard InChI is InChI=1S/C29H33N5O5S/c1-2-33(31-16-18-38-19-17-31)26(35)23-10-12-24(13-11-23)34(28-30-14-20-40-28)27(36)25-9-6-15-32(25)29(37)39-21-22-7-4-3-5-8-22/h3-5,7-8,10-14,20,25H,2,6,9,15-19,21H2,1H3. The Kier molecular flexibility index (Phi) is 9.04. The number of morpholine rings is 1. The van der Waals surface area contributed by atoms with Crippen LogP contribution in [0.4, 0.5) is 15.6 Å². The molecule has 0 aliphatic carbocycles. The molecule has 2 fully saturated rings. The van der Waals surface area contributed by atoms with Crippen LogP contribution in [0.1, 0.15) is 35.7 Å². The van der Waals surface area contributed by atoms with Crippen LogP contribution in [0.15, 0.2) is 66.2 Å². The van der Waals surface area contributed by atoms with Gasteiger partial charge in [0.2, 0.25) is 0 Å². The van der Waals surface area contributed by atoms with Crippen LogP contribution in [0.3, 0.4) is 0 Å². The lowest BCUT2D eigenvalue weighted by molar-refractivity contribution is -0.121. The van der Waals surface area contributed by atoms with Crippen LogP contribution in [-0.4, -0.2) is 83.2 Å². The molecule has 5 rings (SSSR count). The van der Waals surface area contributed by atoms with Gasteiger partial charge in [0.05, 0.1) is 18.9 Å². The van der Waals surface area contributed by atoms with Gasteiger partial charge in [-0.25, -0.2) is 14.8 Å². The van der Waals surface area contributed by atoms with E-state index < -0.39 is 12.1 Å². The van der Waals surface area contributed by atoms with E-state index in [-0.39, 0.29) is 18.4 Å². The molecular weight excluding hydrogens is 530 g/mol. The zero-order valence-electron chi connectivity index (χ0n) is 22.5. The third-order valence-electron chi connectivity index (χ3n) is 7.04. The number of hydrogen-bond acceptors (Lipinski definition) is 8. The lowest BCUT2D eigenvalue weighted by atomic mass is 10.1. The van der Waals surface area contributed by atoms with Gasteiger partial charge in [0.15, 0.2) is 5.13 Å². The van der Waals surface area contributed by atoms with Crippen molar-refractivity contribution < 1.29 is 23.9 Å². The summed E-state index contributed by atoms with van der Waals surface area (Å²) in [7, 11) is 0. The first-order chi connectivity index (χ1) is 19.6. The van der Waals surface area contributed by atoms with E-state index in [0.29, 0.717) is 68.6 Å². The largest absolute Gasteiger partial charge is 0.445 e. The number of nitrogens with zero attached hydrogens (tertiary/aromatic N) is 5. The molecule has 0 saturated carbocycles. The fourth-order valence-corrected chi connectivity index (χ4v) is 5.69. The maximum Gasteiger partial charge on any atom is 0.410 e. The molecule has 0 N–H and O–H groups in total. The second-order valence-corrected chi connectivity index (χ2v) is 10.4. The number of hydrogen-bond donors (Lipinski definition) is 0. The van der Waals surface area contributed by atoms with Crippen LogP contribution in [-0.2, 0) is 20.9 Å². The van der Waals surface area contributed by atoms with Crippen molar-refractivity contribution in [1.82, 2.24) is 19.9 Å². The third kappa shape index (κ3) is 6.16. The Hall–Kier alpha value is -3.80. The fraction of sp³-hybridized carbons (Fsp3) is 0.379. The van der Waals surface area contributed by atoms with Gasteiger partial charge < -0.3 is 9.47 Å². The van der Waals surface area contributed by atoms with Crippen molar-refractivity contribution in [2.45, 2.75) is 32.4 Å². The number of carbonyl (C=O) groups excluding carboxylic acids is 3. The number of rotatable bonds is 8. The summed E-state index contributed by atoms with van der Waals surface area (Å²) in [6.45, 7) is 5.58. The molecule has 40 heavy (non-hydrogen) atoms. The summed E-state index contributed by atoms with van der Waals surface area (Å²) in [4.78, 5) is 47.7. The second-order valence-electron chi connectivity index (χ2n) is 9.51. The van der Waals surface area contributed by atoms with Crippen LogP contribution in [0.2, 0.25) is 0 Å². The molecule has 10 nitrogen and oxygen atoms in total. The summed E-state index contributed by atoms with van der Waals surface area (Å²) in [5, 5.41) is 6.04. The highest BCUT2D eigenvalue weighted by molar-refractivity contribution is 7.13. The zero-order valence-corrected chi connectivity index (χ0v) is 23.3. The minimum atomic E-state index is -0.676.